The molecule has 0 amide bonds. The van der Waals surface area contributed by atoms with Gasteiger partial charge in [0.2, 0.25) is 0 Å². The Kier molecular flexibility index (Phi) is 3.66. The van der Waals surface area contributed by atoms with Crippen LogP contribution in [0.3, 0.4) is 0 Å². The van der Waals surface area contributed by atoms with E-state index in [4.69, 9.17) is 15.2 Å². The lowest BCUT2D eigenvalue weighted by Crippen LogP contribution is -2.12. The summed E-state index contributed by atoms with van der Waals surface area (Å²) in [6.07, 6.45) is 0. The van der Waals surface area contributed by atoms with Gasteiger partial charge >= 0.3 is 0 Å². The van der Waals surface area contributed by atoms with Crippen molar-refractivity contribution in [3.8, 4) is 11.5 Å². The Hall–Kier alpha value is -1.52. The van der Waals surface area contributed by atoms with Crippen molar-refractivity contribution in [3.05, 3.63) is 46.2 Å². The molecule has 1 aromatic heterocycles. The molecular formula is C13H15NO2S. The molecule has 0 fully saturated rings. The van der Waals surface area contributed by atoms with Gasteiger partial charge in [0.05, 0.1) is 25.1 Å². The summed E-state index contributed by atoms with van der Waals surface area (Å²) < 4.78 is 10.6. The fourth-order valence-corrected chi connectivity index (χ4v) is 2.65. The van der Waals surface area contributed by atoms with Crippen LogP contribution in [0.25, 0.3) is 0 Å². The molecule has 0 aliphatic heterocycles. The number of benzene rings is 1. The van der Waals surface area contributed by atoms with Crippen LogP contribution in [0.4, 0.5) is 0 Å². The molecule has 1 unspecified atom stereocenters. The lowest BCUT2D eigenvalue weighted by molar-refractivity contribution is 0.402. The van der Waals surface area contributed by atoms with E-state index in [0.717, 1.165) is 21.9 Å². The normalized spacial score (nSPS) is 12.2. The minimum Gasteiger partial charge on any atom is -0.496 e. The van der Waals surface area contributed by atoms with E-state index in [1.54, 1.807) is 25.6 Å². The SMILES string of the molecule is COc1ccccc1C(N)c1sccc1OC. The third-order valence-electron chi connectivity index (χ3n) is 2.63. The number of nitrogens with two attached hydrogens (primary N) is 1. The third kappa shape index (κ3) is 2.28. The monoisotopic (exact) mass is 249 g/mol. The molecule has 1 aromatic carbocycles. The molecule has 0 spiro atoms. The zero-order valence-corrected chi connectivity index (χ0v) is 10.7. The molecule has 0 aliphatic rings. The molecule has 1 heterocycles. The molecule has 2 N–H and O–H groups in total. The van der Waals surface area contributed by atoms with Crippen LogP contribution in [0.1, 0.15) is 16.5 Å². The number of thiophene rings is 1. The summed E-state index contributed by atoms with van der Waals surface area (Å²) >= 11 is 1.59. The van der Waals surface area contributed by atoms with Gasteiger partial charge in [-0.15, -0.1) is 11.3 Å². The van der Waals surface area contributed by atoms with E-state index in [2.05, 4.69) is 0 Å². The van der Waals surface area contributed by atoms with E-state index >= 15 is 0 Å². The Balaban J connectivity index is 2.40. The van der Waals surface area contributed by atoms with E-state index in [-0.39, 0.29) is 6.04 Å². The second-order valence-corrected chi connectivity index (χ2v) is 4.52. The molecule has 0 bridgehead atoms. The highest BCUT2D eigenvalue weighted by Crippen LogP contribution is 2.36. The molecular weight excluding hydrogens is 234 g/mol. The first-order valence-corrected chi connectivity index (χ1v) is 6.15. The summed E-state index contributed by atoms with van der Waals surface area (Å²) in [5.41, 5.74) is 7.23. The first-order chi connectivity index (χ1) is 8.27. The molecule has 2 aromatic rings. The topological polar surface area (TPSA) is 44.5 Å². The van der Waals surface area contributed by atoms with Crippen LogP contribution in [0.5, 0.6) is 11.5 Å². The fourth-order valence-electron chi connectivity index (χ4n) is 1.77. The average molecular weight is 249 g/mol. The van der Waals surface area contributed by atoms with Gasteiger partial charge in [-0.2, -0.15) is 0 Å². The molecule has 0 saturated carbocycles. The van der Waals surface area contributed by atoms with Crippen molar-refractivity contribution < 1.29 is 9.47 Å². The zero-order chi connectivity index (χ0) is 12.3. The maximum Gasteiger partial charge on any atom is 0.134 e. The van der Waals surface area contributed by atoms with Gasteiger partial charge in [-0.1, -0.05) is 18.2 Å². The predicted octanol–water partition coefficient (Wildman–Crippen LogP) is 2.81. The molecule has 1 atom stereocenters. The third-order valence-corrected chi connectivity index (χ3v) is 3.61. The molecule has 0 aliphatic carbocycles. The Morgan fingerprint density at radius 3 is 2.47 bits per heavy atom. The standard InChI is InChI=1S/C13H15NO2S/c1-15-10-6-4-3-5-9(10)12(14)13-11(16-2)7-8-17-13/h3-8,12H,14H2,1-2H3. The number of hydrogen-bond donors (Lipinski definition) is 1. The van der Waals surface area contributed by atoms with Crippen LogP contribution in [-0.4, -0.2) is 14.2 Å². The van der Waals surface area contributed by atoms with Crippen LogP contribution < -0.4 is 15.2 Å². The van der Waals surface area contributed by atoms with Gasteiger partial charge in [-0.3, -0.25) is 0 Å². The Morgan fingerprint density at radius 2 is 1.76 bits per heavy atom. The van der Waals surface area contributed by atoms with Crippen molar-refractivity contribution in [1.82, 2.24) is 0 Å². The van der Waals surface area contributed by atoms with Crippen molar-refractivity contribution in [1.29, 1.82) is 0 Å². The van der Waals surface area contributed by atoms with Gasteiger partial charge in [0, 0.05) is 5.56 Å². The molecule has 4 heteroatoms. The van der Waals surface area contributed by atoms with E-state index < -0.39 is 0 Å². The summed E-state index contributed by atoms with van der Waals surface area (Å²) in [5.74, 6) is 1.63. The lowest BCUT2D eigenvalue weighted by atomic mass is 10.0. The predicted molar refractivity (Wildman–Crippen MR) is 69.9 cm³/mol. The van der Waals surface area contributed by atoms with Crippen LogP contribution in [-0.2, 0) is 0 Å². The highest BCUT2D eigenvalue weighted by atomic mass is 32.1. The largest absolute Gasteiger partial charge is 0.496 e. The minimum absolute atomic E-state index is 0.221. The van der Waals surface area contributed by atoms with Gasteiger partial charge in [0.1, 0.15) is 11.5 Å². The quantitative estimate of drug-likeness (QED) is 0.906. The van der Waals surface area contributed by atoms with E-state index in [0.29, 0.717) is 0 Å². The van der Waals surface area contributed by atoms with Crippen molar-refractivity contribution in [2.45, 2.75) is 6.04 Å². The van der Waals surface area contributed by atoms with Crippen LogP contribution in [0, 0.1) is 0 Å². The molecule has 0 radical (unpaired) electrons. The summed E-state index contributed by atoms with van der Waals surface area (Å²) in [6, 6.07) is 9.48. The second kappa shape index (κ2) is 5.21. The molecule has 0 saturated heterocycles. The highest BCUT2D eigenvalue weighted by molar-refractivity contribution is 7.10. The lowest BCUT2D eigenvalue weighted by Gasteiger charge is -2.15. The Bertz CT molecular complexity index is 496. The van der Waals surface area contributed by atoms with E-state index in [1.807, 2.05) is 35.7 Å². The smallest absolute Gasteiger partial charge is 0.134 e. The maximum absolute atomic E-state index is 6.26. The second-order valence-electron chi connectivity index (χ2n) is 3.57. The number of rotatable bonds is 4. The summed E-state index contributed by atoms with van der Waals surface area (Å²) in [6.45, 7) is 0. The average Bonchev–Trinajstić information content (AvgIpc) is 2.86. The van der Waals surface area contributed by atoms with E-state index in [9.17, 15) is 0 Å². The number of ether oxygens (including phenoxy) is 2. The molecule has 2 rings (SSSR count). The Labute approximate surface area is 105 Å². The number of para-hydroxylation sites is 1. The summed E-state index contributed by atoms with van der Waals surface area (Å²) in [5, 5.41) is 1.98. The highest BCUT2D eigenvalue weighted by Gasteiger charge is 2.18. The van der Waals surface area contributed by atoms with Crippen LogP contribution >= 0.6 is 11.3 Å². The van der Waals surface area contributed by atoms with Crippen molar-refractivity contribution in [3.63, 3.8) is 0 Å². The zero-order valence-electron chi connectivity index (χ0n) is 9.84. The van der Waals surface area contributed by atoms with Gasteiger partial charge in [0.25, 0.3) is 0 Å². The van der Waals surface area contributed by atoms with E-state index in [1.165, 1.54) is 0 Å². The molecule has 90 valence electrons. The maximum atomic E-state index is 6.26. The van der Waals surface area contributed by atoms with Gasteiger partial charge in [-0.25, -0.2) is 0 Å². The van der Waals surface area contributed by atoms with Gasteiger partial charge in [0.15, 0.2) is 0 Å². The Morgan fingerprint density at radius 1 is 1.06 bits per heavy atom. The summed E-state index contributed by atoms with van der Waals surface area (Å²) in [4.78, 5) is 1.01. The van der Waals surface area contributed by atoms with Gasteiger partial charge < -0.3 is 15.2 Å². The first-order valence-electron chi connectivity index (χ1n) is 5.27. The number of methoxy groups -OCH3 is 2. The molecule has 3 nitrogen and oxygen atoms in total. The minimum atomic E-state index is -0.221. The van der Waals surface area contributed by atoms with Crippen molar-refractivity contribution in [2.75, 3.05) is 14.2 Å². The fraction of sp³-hybridized carbons (Fsp3) is 0.231. The van der Waals surface area contributed by atoms with Crippen LogP contribution in [0.15, 0.2) is 35.7 Å². The van der Waals surface area contributed by atoms with Gasteiger partial charge in [-0.05, 0) is 17.5 Å². The van der Waals surface area contributed by atoms with Crippen LogP contribution in [0.2, 0.25) is 0 Å². The number of hydrogen-bond acceptors (Lipinski definition) is 4. The first kappa shape index (κ1) is 12.0. The summed E-state index contributed by atoms with van der Waals surface area (Å²) in [7, 11) is 3.30. The molecule has 17 heavy (non-hydrogen) atoms. The van der Waals surface area contributed by atoms with Crippen molar-refractivity contribution in [2.24, 2.45) is 5.73 Å². The van der Waals surface area contributed by atoms with Crippen molar-refractivity contribution >= 4 is 11.3 Å².